The van der Waals surface area contributed by atoms with E-state index in [9.17, 15) is 9.59 Å². The summed E-state index contributed by atoms with van der Waals surface area (Å²) in [6, 6.07) is 10.0. The predicted octanol–water partition coefficient (Wildman–Crippen LogP) is 4.24. The van der Waals surface area contributed by atoms with Crippen LogP contribution in [0.25, 0.3) is 6.08 Å². The number of carbonyl (C=O) groups excluding carboxylic acids is 2. The molecular formula is C26H35N3O3. The lowest BCUT2D eigenvalue weighted by Crippen LogP contribution is -2.50. The minimum Gasteiger partial charge on any atom is -0.466 e. The van der Waals surface area contributed by atoms with Gasteiger partial charge in [-0.3, -0.25) is 14.3 Å². The van der Waals surface area contributed by atoms with Gasteiger partial charge < -0.3 is 9.64 Å². The number of benzene rings is 1. The first-order valence-electron chi connectivity index (χ1n) is 11.5. The number of aryl methyl sites for hydroxylation is 2. The number of esters is 1. The quantitative estimate of drug-likeness (QED) is 0.580. The summed E-state index contributed by atoms with van der Waals surface area (Å²) in [5.41, 5.74) is 3.62. The maximum absolute atomic E-state index is 13.1. The SMILES string of the molecule is CCOC(=O)C1(C/C=C/c2ccccc2)CCCN(C(=O)CCc2c(C)nn(C)c2C)C1. The molecule has 6 heteroatoms. The van der Waals surface area contributed by atoms with Crippen LogP contribution in [0.15, 0.2) is 36.4 Å². The summed E-state index contributed by atoms with van der Waals surface area (Å²) < 4.78 is 7.32. The Morgan fingerprint density at radius 2 is 1.97 bits per heavy atom. The molecular weight excluding hydrogens is 402 g/mol. The highest BCUT2D eigenvalue weighted by Gasteiger charge is 2.43. The van der Waals surface area contributed by atoms with Gasteiger partial charge >= 0.3 is 5.97 Å². The van der Waals surface area contributed by atoms with Crippen LogP contribution in [0.1, 0.15) is 55.1 Å². The lowest BCUT2D eigenvalue weighted by atomic mass is 9.76. The number of aromatic nitrogens is 2. The summed E-state index contributed by atoms with van der Waals surface area (Å²) in [6.07, 6.45) is 7.27. The number of hydrogen-bond donors (Lipinski definition) is 0. The molecule has 1 saturated heterocycles. The Kier molecular flexibility index (Phi) is 7.89. The number of nitrogens with zero attached hydrogens (tertiary/aromatic N) is 3. The first kappa shape index (κ1) is 23.8. The molecule has 1 atom stereocenters. The van der Waals surface area contributed by atoms with Crippen LogP contribution in [0.3, 0.4) is 0 Å². The van der Waals surface area contributed by atoms with Crippen LogP contribution >= 0.6 is 0 Å². The first-order valence-corrected chi connectivity index (χ1v) is 11.5. The van der Waals surface area contributed by atoms with Gasteiger partial charge in [-0.05, 0) is 57.6 Å². The second-order valence-electron chi connectivity index (χ2n) is 8.71. The van der Waals surface area contributed by atoms with Gasteiger partial charge in [0.2, 0.25) is 5.91 Å². The fourth-order valence-corrected chi connectivity index (χ4v) is 4.60. The van der Waals surface area contributed by atoms with Gasteiger partial charge in [0.05, 0.1) is 17.7 Å². The maximum atomic E-state index is 13.1. The molecule has 0 saturated carbocycles. The second-order valence-corrected chi connectivity index (χ2v) is 8.71. The first-order chi connectivity index (χ1) is 15.4. The van der Waals surface area contributed by atoms with Gasteiger partial charge in [0.1, 0.15) is 0 Å². The molecule has 0 radical (unpaired) electrons. The van der Waals surface area contributed by atoms with Crippen LogP contribution in [-0.2, 0) is 27.8 Å². The van der Waals surface area contributed by atoms with Crippen LogP contribution < -0.4 is 0 Å². The molecule has 172 valence electrons. The molecule has 1 aliphatic rings. The molecule has 1 aliphatic heterocycles. The Morgan fingerprint density at radius 1 is 1.22 bits per heavy atom. The molecule has 1 aromatic heterocycles. The van der Waals surface area contributed by atoms with Crippen molar-refractivity contribution in [3.05, 3.63) is 58.9 Å². The van der Waals surface area contributed by atoms with E-state index >= 15 is 0 Å². The maximum Gasteiger partial charge on any atom is 0.314 e. The summed E-state index contributed by atoms with van der Waals surface area (Å²) in [4.78, 5) is 27.9. The van der Waals surface area contributed by atoms with Crippen molar-refractivity contribution < 1.29 is 14.3 Å². The molecule has 1 unspecified atom stereocenters. The van der Waals surface area contributed by atoms with Crippen LogP contribution in [0, 0.1) is 19.3 Å². The Morgan fingerprint density at radius 3 is 2.62 bits per heavy atom. The highest BCUT2D eigenvalue weighted by atomic mass is 16.5. The van der Waals surface area contributed by atoms with E-state index in [1.54, 1.807) is 0 Å². The van der Waals surface area contributed by atoms with E-state index < -0.39 is 5.41 Å². The fraction of sp³-hybridized carbons (Fsp3) is 0.500. The monoisotopic (exact) mass is 437 g/mol. The lowest BCUT2D eigenvalue weighted by Gasteiger charge is -2.40. The third kappa shape index (κ3) is 5.47. The average molecular weight is 438 g/mol. The topological polar surface area (TPSA) is 64.4 Å². The van der Waals surface area contributed by atoms with Gasteiger partial charge in [0, 0.05) is 32.3 Å². The van der Waals surface area contributed by atoms with Crippen molar-refractivity contribution in [3.63, 3.8) is 0 Å². The molecule has 1 fully saturated rings. The van der Waals surface area contributed by atoms with Crippen LogP contribution in [0.2, 0.25) is 0 Å². The van der Waals surface area contributed by atoms with Crippen molar-refractivity contribution in [2.75, 3.05) is 19.7 Å². The second kappa shape index (κ2) is 10.6. The number of ether oxygens (including phenoxy) is 1. The average Bonchev–Trinajstić information content (AvgIpc) is 3.04. The number of carbonyl (C=O) groups is 2. The molecule has 0 bridgehead atoms. The summed E-state index contributed by atoms with van der Waals surface area (Å²) in [5.74, 6) is -0.109. The normalized spacial score (nSPS) is 18.8. The number of rotatable bonds is 8. The van der Waals surface area contributed by atoms with Crippen molar-refractivity contribution in [1.29, 1.82) is 0 Å². The molecule has 0 aliphatic carbocycles. The Bertz CT molecular complexity index is 964. The third-order valence-electron chi connectivity index (χ3n) is 6.50. The summed E-state index contributed by atoms with van der Waals surface area (Å²) in [7, 11) is 1.93. The van der Waals surface area contributed by atoms with Gasteiger partial charge in [-0.15, -0.1) is 0 Å². The van der Waals surface area contributed by atoms with Gasteiger partial charge in [-0.25, -0.2) is 0 Å². The molecule has 2 heterocycles. The molecule has 1 aromatic carbocycles. The summed E-state index contributed by atoms with van der Waals surface area (Å²) in [6.45, 7) is 7.29. The van der Waals surface area contributed by atoms with Gasteiger partial charge in [-0.2, -0.15) is 5.10 Å². The summed E-state index contributed by atoms with van der Waals surface area (Å²) >= 11 is 0. The minimum atomic E-state index is -0.685. The zero-order valence-electron chi connectivity index (χ0n) is 19.8. The van der Waals surface area contributed by atoms with Gasteiger partial charge in [0.15, 0.2) is 0 Å². The van der Waals surface area contributed by atoms with E-state index in [2.05, 4.69) is 5.10 Å². The molecule has 32 heavy (non-hydrogen) atoms. The highest BCUT2D eigenvalue weighted by molar-refractivity contribution is 5.81. The molecule has 1 amide bonds. The molecule has 6 nitrogen and oxygen atoms in total. The van der Waals surface area contributed by atoms with Crippen LogP contribution in [-0.4, -0.2) is 46.3 Å². The van der Waals surface area contributed by atoms with E-state index in [4.69, 9.17) is 4.74 Å². The predicted molar refractivity (Wildman–Crippen MR) is 126 cm³/mol. The lowest BCUT2D eigenvalue weighted by molar-refractivity contribution is -0.160. The van der Waals surface area contributed by atoms with Crippen molar-refractivity contribution >= 4 is 18.0 Å². The van der Waals surface area contributed by atoms with Crippen molar-refractivity contribution in [1.82, 2.24) is 14.7 Å². The van der Waals surface area contributed by atoms with Gasteiger partial charge in [0.25, 0.3) is 0 Å². The largest absolute Gasteiger partial charge is 0.466 e. The van der Waals surface area contributed by atoms with Crippen LogP contribution in [0.4, 0.5) is 0 Å². The summed E-state index contributed by atoms with van der Waals surface area (Å²) in [5, 5.41) is 4.45. The minimum absolute atomic E-state index is 0.0908. The number of likely N-dealkylation sites (tertiary alicyclic amines) is 1. The van der Waals surface area contributed by atoms with E-state index in [-0.39, 0.29) is 11.9 Å². The third-order valence-corrected chi connectivity index (χ3v) is 6.50. The molecule has 2 aromatic rings. The van der Waals surface area contributed by atoms with Crippen molar-refractivity contribution in [2.45, 2.75) is 52.9 Å². The number of piperidine rings is 1. The van der Waals surface area contributed by atoms with Gasteiger partial charge in [-0.1, -0.05) is 42.5 Å². The number of hydrogen-bond acceptors (Lipinski definition) is 4. The van der Waals surface area contributed by atoms with E-state index in [0.29, 0.717) is 39.0 Å². The zero-order valence-corrected chi connectivity index (χ0v) is 19.8. The van der Waals surface area contributed by atoms with E-state index in [0.717, 1.165) is 35.4 Å². The number of allylic oxidation sites excluding steroid dienone is 1. The Balaban J connectivity index is 1.70. The molecule has 0 N–H and O–H groups in total. The van der Waals surface area contributed by atoms with E-state index in [1.165, 1.54) is 0 Å². The fourth-order valence-electron chi connectivity index (χ4n) is 4.60. The smallest absolute Gasteiger partial charge is 0.314 e. The standard InChI is InChI=1S/C26H35N3O3/c1-5-32-25(31)26(16-9-13-22-11-7-6-8-12-22)17-10-18-29(19-26)24(30)15-14-23-20(2)27-28(4)21(23)3/h6-9,11-13H,5,10,14-19H2,1-4H3/b13-9+. The molecule has 0 spiro atoms. The Labute approximate surface area is 191 Å². The number of amides is 1. The van der Waals surface area contributed by atoms with Crippen molar-refractivity contribution in [3.8, 4) is 0 Å². The Hall–Kier alpha value is -2.89. The highest BCUT2D eigenvalue weighted by Crippen LogP contribution is 2.36. The van der Waals surface area contributed by atoms with E-state index in [1.807, 2.05) is 79.9 Å². The van der Waals surface area contributed by atoms with Crippen molar-refractivity contribution in [2.24, 2.45) is 12.5 Å². The molecule has 3 rings (SSSR count). The van der Waals surface area contributed by atoms with Crippen LogP contribution in [0.5, 0.6) is 0 Å². The zero-order chi connectivity index (χ0) is 23.1.